The SMILES string of the molecule is Cn1c(C(C)(C)C)cc(=NC(=O)c2cc(C(F)(F)F)ccc2OCC2CCS(O)(O)C2)n1C[C@H]1CCCO1. The van der Waals surface area contributed by atoms with Crippen molar-refractivity contribution in [2.45, 2.75) is 64.3 Å². The molecule has 12 heteroatoms. The zero-order valence-corrected chi connectivity index (χ0v) is 22.9. The molecule has 0 radical (unpaired) electrons. The van der Waals surface area contributed by atoms with Crippen LogP contribution in [-0.2, 0) is 29.9 Å². The van der Waals surface area contributed by atoms with Crippen LogP contribution in [0, 0.1) is 5.92 Å². The molecular weight excluding hydrogens is 523 g/mol. The Balaban J connectivity index is 1.71. The van der Waals surface area contributed by atoms with Crippen molar-refractivity contribution < 1.29 is 36.5 Å². The van der Waals surface area contributed by atoms with Gasteiger partial charge in [-0.05, 0) is 37.5 Å². The molecule has 8 nitrogen and oxygen atoms in total. The maximum atomic E-state index is 13.5. The molecule has 212 valence electrons. The van der Waals surface area contributed by atoms with Crippen molar-refractivity contribution in [2.75, 3.05) is 24.7 Å². The van der Waals surface area contributed by atoms with Crippen LogP contribution in [0.3, 0.4) is 0 Å². The summed E-state index contributed by atoms with van der Waals surface area (Å²) in [7, 11) is -0.787. The maximum Gasteiger partial charge on any atom is 0.416 e. The lowest BCUT2D eigenvalue weighted by molar-refractivity contribution is -0.137. The van der Waals surface area contributed by atoms with Crippen LogP contribution in [0.5, 0.6) is 5.75 Å². The van der Waals surface area contributed by atoms with Gasteiger partial charge in [0.05, 0.1) is 30.4 Å². The van der Waals surface area contributed by atoms with Gasteiger partial charge in [-0.2, -0.15) is 28.8 Å². The number of alkyl halides is 3. The minimum atomic E-state index is -4.65. The number of halogens is 3. The molecule has 1 aromatic carbocycles. The first-order valence-electron chi connectivity index (χ1n) is 12.7. The van der Waals surface area contributed by atoms with Gasteiger partial charge in [0.25, 0.3) is 5.91 Å². The molecule has 2 aliphatic heterocycles. The molecule has 2 fully saturated rings. The van der Waals surface area contributed by atoms with E-state index in [4.69, 9.17) is 9.47 Å². The van der Waals surface area contributed by atoms with E-state index in [2.05, 4.69) is 4.99 Å². The fraction of sp³-hybridized carbons (Fsp3) is 0.615. The standard InChI is InChI=1S/C26H36F3N3O5S/c1-25(2,3)22-13-23(32(31(22)4)14-19-6-5-10-36-19)30-24(33)20-12-18(26(27,28)29)7-8-21(20)37-15-17-9-11-38(34,35)16-17/h7-8,12-13,17,19,34-35H,5-6,9-11,14-16H2,1-4H3/t17?,19-/m1/s1. The van der Waals surface area contributed by atoms with Crippen LogP contribution < -0.4 is 10.2 Å². The van der Waals surface area contributed by atoms with Crippen LogP contribution in [0.2, 0.25) is 0 Å². The summed E-state index contributed by atoms with van der Waals surface area (Å²) >= 11 is 0. The van der Waals surface area contributed by atoms with Crippen molar-refractivity contribution in [1.29, 1.82) is 0 Å². The number of ether oxygens (including phenoxy) is 2. The number of hydrogen-bond acceptors (Lipinski definition) is 5. The monoisotopic (exact) mass is 559 g/mol. The molecule has 0 bridgehead atoms. The van der Waals surface area contributed by atoms with Crippen LogP contribution in [0.25, 0.3) is 0 Å². The molecule has 38 heavy (non-hydrogen) atoms. The zero-order chi connectivity index (χ0) is 27.9. The molecule has 2 aromatic rings. The highest BCUT2D eigenvalue weighted by Gasteiger charge is 2.33. The topological polar surface area (TPSA) is 98.2 Å². The quantitative estimate of drug-likeness (QED) is 0.506. The molecule has 2 N–H and O–H groups in total. The largest absolute Gasteiger partial charge is 0.492 e. The summed E-state index contributed by atoms with van der Waals surface area (Å²) in [4.78, 5) is 17.7. The average molecular weight is 560 g/mol. The predicted molar refractivity (Wildman–Crippen MR) is 139 cm³/mol. The molecule has 3 heterocycles. The highest BCUT2D eigenvalue weighted by Crippen LogP contribution is 2.48. The Kier molecular flexibility index (Phi) is 8.09. The van der Waals surface area contributed by atoms with Crippen molar-refractivity contribution in [3.63, 3.8) is 0 Å². The number of benzene rings is 1. The van der Waals surface area contributed by atoms with E-state index in [-0.39, 0.29) is 46.9 Å². The van der Waals surface area contributed by atoms with Crippen molar-refractivity contribution >= 4 is 16.5 Å². The molecule has 4 rings (SSSR count). The van der Waals surface area contributed by atoms with Crippen LogP contribution in [0.15, 0.2) is 29.3 Å². The number of hydrogen-bond donors (Lipinski definition) is 2. The summed E-state index contributed by atoms with van der Waals surface area (Å²) < 4.78 is 75.6. The van der Waals surface area contributed by atoms with E-state index in [0.29, 0.717) is 25.1 Å². The van der Waals surface area contributed by atoms with Gasteiger partial charge in [-0.3, -0.25) is 23.3 Å². The van der Waals surface area contributed by atoms with Crippen LogP contribution >= 0.6 is 10.6 Å². The molecule has 2 saturated heterocycles. The summed E-state index contributed by atoms with van der Waals surface area (Å²) in [5, 5.41) is 0. The molecule has 1 unspecified atom stereocenters. The molecule has 1 aromatic heterocycles. The predicted octanol–water partition coefficient (Wildman–Crippen LogP) is 5.21. The second-order valence-electron chi connectivity index (χ2n) is 11.1. The van der Waals surface area contributed by atoms with Gasteiger partial charge in [0.1, 0.15) is 5.75 Å². The molecular formula is C26H36F3N3O5S. The highest BCUT2D eigenvalue weighted by molar-refractivity contribution is 8.24. The van der Waals surface area contributed by atoms with E-state index < -0.39 is 28.2 Å². The molecule has 0 spiro atoms. The Morgan fingerprint density at radius 2 is 1.95 bits per heavy atom. The number of carbonyl (C=O) groups is 1. The van der Waals surface area contributed by atoms with Gasteiger partial charge >= 0.3 is 6.18 Å². The van der Waals surface area contributed by atoms with Gasteiger partial charge in [-0.15, -0.1) is 0 Å². The van der Waals surface area contributed by atoms with Crippen molar-refractivity contribution in [3.05, 3.63) is 46.6 Å². The maximum absolute atomic E-state index is 13.5. The van der Waals surface area contributed by atoms with Gasteiger partial charge in [-0.25, -0.2) is 0 Å². The summed E-state index contributed by atoms with van der Waals surface area (Å²) in [6.45, 7) is 7.26. The molecule has 0 aliphatic carbocycles. The number of amides is 1. The minimum Gasteiger partial charge on any atom is -0.492 e. The van der Waals surface area contributed by atoms with Crippen molar-refractivity contribution in [2.24, 2.45) is 18.0 Å². The normalized spacial score (nSPS) is 23.1. The Morgan fingerprint density at radius 1 is 1.21 bits per heavy atom. The Labute approximate surface area is 221 Å². The number of carbonyl (C=O) groups excluding carboxylic acids is 1. The molecule has 1 amide bonds. The van der Waals surface area contributed by atoms with Crippen molar-refractivity contribution in [3.8, 4) is 5.75 Å². The van der Waals surface area contributed by atoms with Gasteiger partial charge in [-0.1, -0.05) is 20.8 Å². The number of rotatable bonds is 6. The first kappa shape index (κ1) is 28.7. The van der Waals surface area contributed by atoms with E-state index >= 15 is 0 Å². The van der Waals surface area contributed by atoms with Gasteiger partial charge in [0, 0.05) is 48.3 Å². The van der Waals surface area contributed by atoms with Gasteiger partial charge in [0.15, 0.2) is 5.49 Å². The zero-order valence-electron chi connectivity index (χ0n) is 22.1. The average Bonchev–Trinajstić information content (AvgIpc) is 3.52. The lowest BCUT2D eigenvalue weighted by Gasteiger charge is -2.26. The lowest BCUT2D eigenvalue weighted by Crippen LogP contribution is -2.30. The fourth-order valence-electron chi connectivity index (χ4n) is 4.97. The molecule has 2 aliphatic rings. The van der Waals surface area contributed by atoms with Crippen LogP contribution in [-0.4, -0.2) is 55.2 Å². The lowest BCUT2D eigenvalue weighted by atomic mass is 9.92. The third kappa shape index (κ3) is 6.64. The third-order valence-corrected chi connectivity index (χ3v) is 8.89. The van der Waals surface area contributed by atoms with E-state index in [0.717, 1.165) is 36.7 Å². The smallest absolute Gasteiger partial charge is 0.416 e. The molecule has 0 saturated carbocycles. The second kappa shape index (κ2) is 10.7. The Hall–Kier alpha value is -2.28. The van der Waals surface area contributed by atoms with Crippen molar-refractivity contribution in [1.82, 2.24) is 9.36 Å². The van der Waals surface area contributed by atoms with Crippen LogP contribution in [0.1, 0.15) is 61.6 Å². The van der Waals surface area contributed by atoms with E-state index in [1.165, 1.54) is 0 Å². The highest BCUT2D eigenvalue weighted by atomic mass is 32.3. The third-order valence-electron chi connectivity index (χ3n) is 6.99. The van der Waals surface area contributed by atoms with E-state index in [1.807, 2.05) is 37.2 Å². The van der Waals surface area contributed by atoms with Gasteiger partial charge in [0.2, 0.25) is 0 Å². The minimum absolute atomic E-state index is 0.0206. The summed E-state index contributed by atoms with van der Waals surface area (Å²) in [6.07, 6.45) is -2.36. The first-order chi connectivity index (χ1) is 17.6. The van der Waals surface area contributed by atoms with E-state index in [9.17, 15) is 27.1 Å². The fourth-order valence-corrected chi connectivity index (χ4v) is 6.86. The first-order valence-corrected chi connectivity index (χ1v) is 14.6. The Morgan fingerprint density at radius 3 is 2.53 bits per heavy atom. The second-order valence-corrected chi connectivity index (χ2v) is 13.5. The number of nitrogens with zero attached hydrogens (tertiary/aromatic N) is 3. The number of aromatic nitrogens is 2. The summed E-state index contributed by atoms with van der Waals surface area (Å²) in [5.74, 6) is -0.602. The van der Waals surface area contributed by atoms with Gasteiger partial charge < -0.3 is 9.47 Å². The summed E-state index contributed by atoms with van der Waals surface area (Å²) in [6, 6.07) is 4.54. The summed E-state index contributed by atoms with van der Waals surface area (Å²) in [5.41, 5.74) is -0.316. The Bertz CT molecular complexity index is 1240. The van der Waals surface area contributed by atoms with Crippen LogP contribution in [0.4, 0.5) is 13.2 Å². The van der Waals surface area contributed by atoms with E-state index in [1.54, 1.807) is 6.07 Å². The molecule has 2 atom stereocenters.